The van der Waals surface area contributed by atoms with Crippen molar-refractivity contribution >= 4 is 5.91 Å². The highest BCUT2D eigenvalue weighted by molar-refractivity contribution is 5.90. The number of hydrogen-bond donors (Lipinski definition) is 1. The van der Waals surface area contributed by atoms with E-state index in [1.54, 1.807) is 0 Å². The number of ether oxygens (including phenoxy) is 1. The van der Waals surface area contributed by atoms with Gasteiger partial charge in [0, 0.05) is 18.6 Å². The molecule has 2 N–H and O–H groups in total. The fraction of sp³-hybridized carbons (Fsp3) is 0.306. The molecule has 1 heterocycles. The van der Waals surface area contributed by atoms with Gasteiger partial charge < -0.3 is 10.5 Å². The third-order valence-electron chi connectivity index (χ3n) is 8.59. The molecule has 4 aromatic carbocycles. The van der Waals surface area contributed by atoms with Crippen molar-refractivity contribution in [3.63, 3.8) is 0 Å². The molecular weight excluding hydrogens is 492 g/mol. The number of rotatable bonds is 11. The Labute approximate surface area is 238 Å². The maximum absolute atomic E-state index is 13.2. The minimum atomic E-state index is -0.876. The van der Waals surface area contributed by atoms with Gasteiger partial charge in [0.15, 0.2) is 0 Å². The highest BCUT2D eigenvalue weighted by Gasteiger charge is 2.43. The standard InChI is InChI=1S/C36H40N2O2/c1-35(2,22-23-36(34(37)39,31-17-8-4-9-18-31)32-19-10-5-11-20-32)38-24-21-33(26-38)40-27-28-13-12-16-30(25-28)29-14-6-3-7-15-29/h3-20,25,33H,21-24,26-27H2,1-2H3,(H2,37,39)/t33-/m0/s1. The van der Waals surface area contributed by atoms with Crippen LogP contribution in [0.25, 0.3) is 11.1 Å². The van der Waals surface area contributed by atoms with E-state index < -0.39 is 5.41 Å². The summed E-state index contributed by atoms with van der Waals surface area (Å²) >= 11 is 0. The van der Waals surface area contributed by atoms with Crippen molar-refractivity contribution in [1.29, 1.82) is 0 Å². The predicted molar refractivity (Wildman–Crippen MR) is 163 cm³/mol. The van der Waals surface area contributed by atoms with E-state index in [0.717, 1.165) is 37.1 Å². The van der Waals surface area contributed by atoms with Gasteiger partial charge in [0.1, 0.15) is 0 Å². The number of likely N-dealkylation sites (tertiary alicyclic amines) is 1. The Balaban J connectivity index is 1.25. The Morgan fingerprint density at radius 2 is 1.38 bits per heavy atom. The highest BCUT2D eigenvalue weighted by atomic mass is 16.5. The minimum Gasteiger partial charge on any atom is -0.372 e. The smallest absolute Gasteiger partial charge is 0.232 e. The third kappa shape index (κ3) is 6.04. The number of nitrogens with two attached hydrogens (primary N) is 1. The average Bonchev–Trinajstić information content (AvgIpc) is 3.48. The Hall–Kier alpha value is -3.73. The maximum atomic E-state index is 13.2. The fourth-order valence-electron chi connectivity index (χ4n) is 6.06. The zero-order valence-corrected chi connectivity index (χ0v) is 23.6. The highest BCUT2D eigenvalue weighted by Crippen LogP contribution is 2.40. The van der Waals surface area contributed by atoms with Gasteiger partial charge in [-0.05, 0) is 67.0 Å². The Morgan fingerprint density at radius 1 is 0.800 bits per heavy atom. The molecule has 0 aromatic heterocycles. The van der Waals surface area contributed by atoms with Gasteiger partial charge in [-0.25, -0.2) is 0 Å². The summed E-state index contributed by atoms with van der Waals surface area (Å²) in [7, 11) is 0. The Kier molecular flexibility index (Phi) is 8.49. The van der Waals surface area contributed by atoms with E-state index in [1.807, 2.05) is 66.7 Å². The van der Waals surface area contributed by atoms with Crippen LogP contribution in [0, 0.1) is 0 Å². The van der Waals surface area contributed by atoms with E-state index >= 15 is 0 Å². The summed E-state index contributed by atoms with van der Waals surface area (Å²) in [5, 5.41) is 0. The normalized spacial score (nSPS) is 16.2. The lowest BCUT2D eigenvalue weighted by Gasteiger charge is -2.40. The summed E-state index contributed by atoms with van der Waals surface area (Å²) in [5.74, 6) is -0.305. The molecule has 0 unspecified atom stereocenters. The first-order valence-electron chi connectivity index (χ1n) is 14.3. The topological polar surface area (TPSA) is 55.6 Å². The molecule has 1 saturated heterocycles. The lowest BCUT2D eigenvalue weighted by atomic mass is 9.69. The fourth-order valence-corrected chi connectivity index (χ4v) is 6.06. The van der Waals surface area contributed by atoms with Crippen LogP contribution in [-0.4, -0.2) is 35.5 Å². The van der Waals surface area contributed by atoms with Gasteiger partial charge in [0.2, 0.25) is 5.91 Å². The average molecular weight is 533 g/mol. The van der Waals surface area contributed by atoms with Gasteiger partial charge in [-0.2, -0.15) is 0 Å². The quantitative estimate of drug-likeness (QED) is 0.227. The molecule has 0 saturated carbocycles. The number of carbonyl (C=O) groups excluding carboxylic acids is 1. The molecule has 0 aliphatic carbocycles. The van der Waals surface area contributed by atoms with Crippen LogP contribution < -0.4 is 5.73 Å². The van der Waals surface area contributed by atoms with Gasteiger partial charge in [-0.1, -0.05) is 109 Å². The molecule has 1 fully saturated rings. The lowest BCUT2D eigenvalue weighted by molar-refractivity contribution is -0.122. The van der Waals surface area contributed by atoms with Gasteiger partial charge in [0.05, 0.1) is 18.1 Å². The van der Waals surface area contributed by atoms with Gasteiger partial charge in [-0.15, -0.1) is 0 Å². The molecule has 0 radical (unpaired) electrons. The second-order valence-corrected chi connectivity index (χ2v) is 11.5. The SMILES string of the molecule is CC(C)(CCC(C(N)=O)(c1ccccc1)c1ccccc1)N1CC[C@H](OCc2cccc(-c3ccccc3)c2)C1. The van der Waals surface area contributed by atoms with Crippen LogP contribution in [0.15, 0.2) is 115 Å². The molecule has 1 amide bonds. The summed E-state index contributed by atoms with van der Waals surface area (Å²) in [4.78, 5) is 15.7. The van der Waals surface area contributed by atoms with Crippen molar-refractivity contribution in [2.24, 2.45) is 5.73 Å². The Bertz CT molecular complexity index is 1350. The number of carbonyl (C=O) groups is 1. The summed E-state index contributed by atoms with van der Waals surface area (Å²) < 4.78 is 6.41. The minimum absolute atomic E-state index is 0.115. The second kappa shape index (κ2) is 12.2. The number of hydrogen-bond acceptors (Lipinski definition) is 3. The van der Waals surface area contributed by atoms with E-state index in [1.165, 1.54) is 16.7 Å². The van der Waals surface area contributed by atoms with E-state index in [2.05, 4.69) is 67.3 Å². The zero-order chi connectivity index (χ0) is 28.0. The summed E-state index contributed by atoms with van der Waals surface area (Å²) in [5.41, 5.74) is 10.7. The first-order valence-corrected chi connectivity index (χ1v) is 14.3. The molecule has 0 spiro atoms. The van der Waals surface area contributed by atoms with Gasteiger partial charge in [-0.3, -0.25) is 9.69 Å². The summed E-state index contributed by atoms with van der Waals surface area (Å²) in [6.45, 7) is 7.01. The van der Waals surface area contributed by atoms with Crippen molar-refractivity contribution in [3.05, 3.63) is 132 Å². The molecule has 206 valence electrons. The number of amides is 1. The zero-order valence-electron chi connectivity index (χ0n) is 23.6. The van der Waals surface area contributed by atoms with E-state index in [9.17, 15) is 4.79 Å². The molecule has 4 aromatic rings. The van der Waals surface area contributed by atoms with Crippen molar-refractivity contribution < 1.29 is 9.53 Å². The first-order chi connectivity index (χ1) is 19.4. The lowest BCUT2D eigenvalue weighted by Crippen LogP contribution is -2.47. The number of nitrogens with zero attached hydrogens (tertiary/aromatic N) is 1. The second-order valence-electron chi connectivity index (χ2n) is 11.5. The van der Waals surface area contributed by atoms with Crippen LogP contribution in [-0.2, 0) is 21.6 Å². The molecule has 4 nitrogen and oxygen atoms in total. The largest absolute Gasteiger partial charge is 0.372 e. The Morgan fingerprint density at radius 3 is 1.98 bits per heavy atom. The molecule has 0 bridgehead atoms. The van der Waals surface area contributed by atoms with Crippen molar-refractivity contribution in [2.75, 3.05) is 13.1 Å². The predicted octanol–water partition coefficient (Wildman–Crippen LogP) is 6.97. The van der Waals surface area contributed by atoms with Crippen molar-refractivity contribution in [1.82, 2.24) is 4.90 Å². The molecule has 1 atom stereocenters. The van der Waals surface area contributed by atoms with Crippen LogP contribution >= 0.6 is 0 Å². The molecular formula is C36H40N2O2. The van der Waals surface area contributed by atoms with Crippen LogP contribution in [0.4, 0.5) is 0 Å². The molecule has 4 heteroatoms. The summed E-state index contributed by atoms with van der Waals surface area (Å²) in [6, 6.07) is 39.1. The molecule has 5 rings (SSSR count). The van der Waals surface area contributed by atoms with Crippen LogP contribution in [0.1, 0.15) is 49.8 Å². The number of benzene rings is 4. The first kappa shape index (κ1) is 27.8. The van der Waals surface area contributed by atoms with Crippen LogP contribution in [0.2, 0.25) is 0 Å². The maximum Gasteiger partial charge on any atom is 0.232 e. The summed E-state index contributed by atoms with van der Waals surface area (Å²) in [6.07, 6.45) is 2.65. The van der Waals surface area contributed by atoms with E-state index in [-0.39, 0.29) is 17.6 Å². The third-order valence-corrected chi connectivity index (χ3v) is 8.59. The number of primary amides is 1. The van der Waals surface area contributed by atoms with Gasteiger partial charge >= 0.3 is 0 Å². The van der Waals surface area contributed by atoms with Gasteiger partial charge in [0.25, 0.3) is 0 Å². The van der Waals surface area contributed by atoms with E-state index in [0.29, 0.717) is 13.0 Å². The molecule has 1 aliphatic heterocycles. The van der Waals surface area contributed by atoms with Crippen LogP contribution in [0.5, 0.6) is 0 Å². The van der Waals surface area contributed by atoms with Crippen molar-refractivity contribution in [3.8, 4) is 11.1 Å². The van der Waals surface area contributed by atoms with Crippen molar-refractivity contribution in [2.45, 2.75) is 56.8 Å². The molecule has 1 aliphatic rings. The monoisotopic (exact) mass is 532 g/mol. The van der Waals surface area contributed by atoms with E-state index in [4.69, 9.17) is 10.5 Å². The molecule has 40 heavy (non-hydrogen) atoms. The van der Waals surface area contributed by atoms with Crippen LogP contribution in [0.3, 0.4) is 0 Å².